The van der Waals surface area contributed by atoms with E-state index < -0.39 is 0 Å². The number of hydrogen-bond acceptors (Lipinski definition) is 4. The highest BCUT2D eigenvalue weighted by Gasteiger charge is 2.18. The zero-order chi connectivity index (χ0) is 11.5. The first-order valence-electron chi connectivity index (χ1n) is 5.19. The van der Waals surface area contributed by atoms with Crippen molar-refractivity contribution in [1.82, 2.24) is 0 Å². The quantitative estimate of drug-likeness (QED) is 0.446. The smallest absolute Gasteiger partial charge is 0.337 e. The van der Waals surface area contributed by atoms with Gasteiger partial charge in [0.05, 0.1) is 18.4 Å². The van der Waals surface area contributed by atoms with E-state index in [1.54, 1.807) is 12.1 Å². The number of carbonyl (C=O) groups excluding carboxylic acids is 1. The maximum absolute atomic E-state index is 11.4. The van der Waals surface area contributed by atoms with Crippen LogP contribution in [0.25, 0.3) is 0 Å². The molecule has 0 unspecified atom stereocenters. The lowest BCUT2D eigenvalue weighted by atomic mass is 9.89. The number of rotatable bonds is 1. The van der Waals surface area contributed by atoms with Crippen LogP contribution in [-0.2, 0) is 11.2 Å². The van der Waals surface area contributed by atoms with Crippen molar-refractivity contribution in [2.24, 2.45) is 5.16 Å². The SMILES string of the molecule is COC(=O)c1ccc2c(c1)/C(=N/O)CCC2. The van der Waals surface area contributed by atoms with Gasteiger partial charge in [-0.05, 0) is 37.0 Å². The Hall–Kier alpha value is -1.84. The van der Waals surface area contributed by atoms with Crippen molar-refractivity contribution in [3.8, 4) is 0 Å². The molecule has 2 rings (SSSR count). The van der Waals surface area contributed by atoms with Gasteiger partial charge in [0, 0.05) is 5.56 Å². The first kappa shape index (κ1) is 10.7. The van der Waals surface area contributed by atoms with E-state index >= 15 is 0 Å². The number of benzene rings is 1. The third-order valence-corrected chi connectivity index (χ3v) is 2.82. The average Bonchev–Trinajstić information content (AvgIpc) is 2.36. The molecule has 1 aromatic carbocycles. The Morgan fingerprint density at radius 1 is 1.44 bits per heavy atom. The second-order valence-electron chi connectivity index (χ2n) is 3.76. The number of fused-ring (bicyclic) bond motifs is 1. The number of oxime groups is 1. The molecule has 0 atom stereocenters. The summed E-state index contributed by atoms with van der Waals surface area (Å²) in [5.41, 5.74) is 3.11. The topological polar surface area (TPSA) is 58.9 Å². The zero-order valence-corrected chi connectivity index (χ0v) is 9.06. The van der Waals surface area contributed by atoms with Gasteiger partial charge in [0.2, 0.25) is 0 Å². The van der Waals surface area contributed by atoms with Crippen LogP contribution in [0, 0.1) is 0 Å². The van der Waals surface area contributed by atoms with E-state index in [0.29, 0.717) is 11.3 Å². The van der Waals surface area contributed by atoms with E-state index in [4.69, 9.17) is 5.21 Å². The van der Waals surface area contributed by atoms with Crippen LogP contribution in [0.3, 0.4) is 0 Å². The fourth-order valence-corrected chi connectivity index (χ4v) is 1.99. The van der Waals surface area contributed by atoms with E-state index in [9.17, 15) is 4.79 Å². The highest BCUT2D eigenvalue weighted by molar-refractivity contribution is 6.04. The summed E-state index contributed by atoms with van der Waals surface area (Å²) >= 11 is 0. The largest absolute Gasteiger partial charge is 0.465 e. The number of ether oxygens (including phenoxy) is 1. The molecular weight excluding hydrogens is 206 g/mol. The van der Waals surface area contributed by atoms with Crippen molar-refractivity contribution < 1.29 is 14.7 Å². The normalized spacial score (nSPS) is 16.9. The summed E-state index contributed by atoms with van der Waals surface area (Å²) in [6.45, 7) is 0. The second kappa shape index (κ2) is 4.35. The molecule has 4 heteroatoms. The van der Waals surface area contributed by atoms with Crippen molar-refractivity contribution in [1.29, 1.82) is 0 Å². The number of aryl methyl sites for hydroxylation is 1. The van der Waals surface area contributed by atoms with Crippen LogP contribution in [0.4, 0.5) is 0 Å². The molecule has 4 nitrogen and oxygen atoms in total. The van der Waals surface area contributed by atoms with Crippen molar-refractivity contribution >= 4 is 11.7 Å². The highest BCUT2D eigenvalue weighted by Crippen LogP contribution is 2.23. The average molecular weight is 219 g/mol. The Kier molecular flexibility index (Phi) is 2.90. The molecule has 84 valence electrons. The fraction of sp³-hybridized carbons (Fsp3) is 0.333. The van der Waals surface area contributed by atoms with Gasteiger partial charge in [0.25, 0.3) is 0 Å². The van der Waals surface area contributed by atoms with E-state index in [1.807, 2.05) is 6.07 Å². The fourth-order valence-electron chi connectivity index (χ4n) is 1.99. The second-order valence-corrected chi connectivity index (χ2v) is 3.76. The number of carbonyl (C=O) groups is 1. The molecule has 1 N–H and O–H groups in total. The van der Waals surface area contributed by atoms with Crippen LogP contribution in [-0.4, -0.2) is 24.0 Å². The maximum Gasteiger partial charge on any atom is 0.337 e. The minimum absolute atomic E-state index is 0.370. The van der Waals surface area contributed by atoms with Gasteiger partial charge in [-0.25, -0.2) is 4.79 Å². The predicted octanol–water partition coefficient (Wildman–Crippen LogP) is 1.99. The summed E-state index contributed by atoms with van der Waals surface area (Å²) in [6.07, 6.45) is 2.67. The van der Waals surface area contributed by atoms with E-state index in [0.717, 1.165) is 30.4 Å². The Balaban J connectivity index is 2.47. The lowest BCUT2D eigenvalue weighted by Crippen LogP contribution is -2.13. The summed E-state index contributed by atoms with van der Waals surface area (Å²) in [5, 5.41) is 12.2. The first-order chi connectivity index (χ1) is 7.76. The molecule has 0 saturated heterocycles. The lowest BCUT2D eigenvalue weighted by Gasteiger charge is -2.17. The highest BCUT2D eigenvalue weighted by atomic mass is 16.5. The van der Waals surface area contributed by atoms with Gasteiger partial charge in [-0.1, -0.05) is 11.2 Å². The molecular formula is C12H13NO3. The summed E-state index contributed by atoms with van der Waals surface area (Å²) in [4.78, 5) is 11.4. The summed E-state index contributed by atoms with van der Waals surface area (Å²) < 4.78 is 4.65. The molecule has 0 amide bonds. The van der Waals surface area contributed by atoms with E-state index in [-0.39, 0.29) is 5.97 Å². The molecule has 0 bridgehead atoms. The summed E-state index contributed by atoms with van der Waals surface area (Å²) in [6, 6.07) is 5.37. The zero-order valence-electron chi connectivity index (χ0n) is 9.06. The van der Waals surface area contributed by atoms with E-state index in [1.165, 1.54) is 7.11 Å². The summed E-state index contributed by atoms with van der Waals surface area (Å²) in [7, 11) is 1.35. The maximum atomic E-state index is 11.4. The van der Waals surface area contributed by atoms with Crippen LogP contribution >= 0.6 is 0 Å². The third kappa shape index (κ3) is 1.78. The minimum atomic E-state index is -0.370. The Morgan fingerprint density at radius 3 is 2.94 bits per heavy atom. The van der Waals surface area contributed by atoms with Gasteiger partial charge in [-0.15, -0.1) is 0 Å². The van der Waals surface area contributed by atoms with Crippen molar-refractivity contribution in [2.45, 2.75) is 19.3 Å². The molecule has 0 fully saturated rings. The van der Waals surface area contributed by atoms with Crippen LogP contribution < -0.4 is 0 Å². The van der Waals surface area contributed by atoms with Gasteiger partial charge in [-0.3, -0.25) is 0 Å². The van der Waals surface area contributed by atoms with Crippen LogP contribution in [0.5, 0.6) is 0 Å². The molecule has 0 saturated carbocycles. The number of nitrogens with zero attached hydrogens (tertiary/aromatic N) is 1. The lowest BCUT2D eigenvalue weighted by molar-refractivity contribution is 0.0600. The molecule has 0 aromatic heterocycles. The monoisotopic (exact) mass is 219 g/mol. The van der Waals surface area contributed by atoms with E-state index in [2.05, 4.69) is 9.89 Å². The van der Waals surface area contributed by atoms with Crippen molar-refractivity contribution in [2.75, 3.05) is 7.11 Å². The Bertz CT molecular complexity index is 452. The Morgan fingerprint density at radius 2 is 2.25 bits per heavy atom. The molecule has 0 heterocycles. The molecule has 0 aliphatic heterocycles. The van der Waals surface area contributed by atoms with Crippen molar-refractivity contribution in [3.63, 3.8) is 0 Å². The van der Waals surface area contributed by atoms with Gasteiger partial charge >= 0.3 is 5.97 Å². The molecule has 0 spiro atoms. The van der Waals surface area contributed by atoms with Gasteiger partial charge in [-0.2, -0.15) is 0 Å². The van der Waals surface area contributed by atoms with Crippen LogP contribution in [0.1, 0.15) is 34.3 Å². The van der Waals surface area contributed by atoms with Gasteiger partial charge < -0.3 is 9.94 Å². The summed E-state index contributed by atoms with van der Waals surface area (Å²) in [5.74, 6) is -0.370. The van der Waals surface area contributed by atoms with Crippen molar-refractivity contribution in [3.05, 3.63) is 34.9 Å². The standard InChI is InChI=1S/C12H13NO3/c1-16-12(14)9-6-5-8-3-2-4-11(13-15)10(8)7-9/h5-7,15H,2-4H2,1H3/b13-11+. The van der Waals surface area contributed by atoms with Crippen LogP contribution in [0.15, 0.2) is 23.4 Å². The number of hydrogen-bond donors (Lipinski definition) is 1. The minimum Gasteiger partial charge on any atom is -0.465 e. The number of methoxy groups -OCH3 is 1. The predicted molar refractivity (Wildman–Crippen MR) is 59.0 cm³/mol. The van der Waals surface area contributed by atoms with Gasteiger partial charge in [0.1, 0.15) is 0 Å². The first-order valence-corrected chi connectivity index (χ1v) is 5.19. The molecule has 16 heavy (non-hydrogen) atoms. The number of esters is 1. The Labute approximate surface area is 93.5 Å². The molecule has 0 radical (unpaired) electrons. The molecule has 1 aromatic rings. The van der Waals surface area contributed by atoms with Crippen LogP contribution in [0.2, 0.25) is 0 Å². The third-order valence-electron chi connectivity index (χ3n) is 2.82. The molecule has 1 aliphatic rings. The van der Waals surface area contributed by atoms with Gasteiger partial charge in [0.15, 0.2) is 0 Å². The molecule has 1 aliphatic carbocycles.